The van der Waals surface area contributed by atoms with Crippen molar-refractivity contribution in [1.82, 2.24) is 25.3 Å². The van der Waals surface area contributed by atoms with E-state index < -0.39 is 0 Å². The van der Waals surface area contributed by atoms with Crippen LogP contribution in [0, 0.1) is 0 Å². The molecule has 0 unspecified atom stereocenters. The number of fused-ring (bicyclic) bond motifs is 1. The van der Waals surface area contributed by atoms with Crippen molar-refractivity contribution < 1.29 is 4.79 Å². The number of carbonyl (C=O) groups is 1. The highest BCUT2D eigenvalue weighted by Gasteiger charge is 2.14. The van der Waals surface area contributed by atoms with Gasteiger partial charge in [0.2, 0.25) is 11.9 Å². The number of nitrogens with one attached hydrogen (secondary N) is 4. The van der Waals surface area contributed by atoms with Crippen LogP contribution in [-0.2, 0) is 4.79 Å². The van der Waals surface area contributed by atoms with Gasteiger partial charge in [-0.15, -0.1) is 0 Å². The van der Waals surface area contributed by atoms with Crippen LogP contribution in [0.1, 0.15) is 27.2 Å². The van der Waals surface area contributed by atoms with Crippen LogP contribution in [0.2, 0.25) is 0 Å². The Kier molecular flexibility index (Phi) is 4.25. The second-order valence-electron chi connectivity index (χ2n) is 5.72. The van der Waals surface area contributed by atoms with Crippen LogP contribution < -0.4 is 16.0 Å². The van der Waals surface area contributed by atoms with Crippen molar-refractivity contribution in [2.45, 2.75) is 32.7 Å². The summed E-state index contributed by atoms with van der Waals surface area (Å²) in [6.45, 7) is 6.35. The van der Waals surface area contributed by atoms with E-state index in [9.17, 15) is 4.79 Å². The average molecular weight is 291 g/mol. The highest BCUT2D eigenvalue weighted by atomic mass is 16.1. The Bertz CT molecular complexity index is 629. The summed E-state index contributed by atoms with van der Waals surface area (Å²) in [5.41, 5.74) is 1.09. The van der Waals surface area contributed by atoms with E-state index in [2.05, 4.69) is 35.9 Å². The number of H-pyrrole nitrogens is 1. The molecule has 0 aliphatic rings. The lowest BCUT2D eigenvalue weighted by Gasteiger charge is -2.20. The van der Waals surface area contributed by atoms with Crippen molar-refractivity contribution >= 4 is 28.8 Å². The predicted octanol–water partition coefficient (Wildman–Crippen LogP) is 1.11. The monoisotopic (exact) mass is 291 g/mol. The first-order chi connectivity index (χ1) is 9.89. The van der Waals surface area contributed by atoms with Gasteiger partial charge in [-0.1, -0.05) is 0 Å². The lowest BCUT2D eigenvalue weighted by Crippen LogP contribution is -2.41. The fourth-order valence-corrected chi connectivity index (χ4v) is 1.85. The fraction of sp³-hybridized carbons (Fsp3) is 0.538. The molecule has 1 amide bonds. The second kappa shape index (κ2) is 5.94. The lowest BCUT2D eigenvalue weighted by atomic mass is 10.1. The van der Waals surface area contributed by atoms with Gasteiger partial charge in [-0.25, -0.2) is 4.98 Å². The topological polar surface area (TPSA) is 108 Å². The van der Waals surface area contributed by atoms with Gasteiger partial charge in [0, 0.05) is 25.6 Å². The van der Waals surface area contributed by atoms with Gasteiger partial charge < -0.3 is 20.9 Å². The van der Waals surface area contributed by atoms with Crippen LogP contribution >= 0.6 is 0 Å². The maximum atomic E-state index is 11.8. The molecule has 4 N–H and O–H groups in total. The van der Waals surface area contributed by atoms with Gasteiger partial charge >= 0.3 is 0 Å². The Morgan fingerprint density at radius 3 is 2.76 bits per heavy atom. The molecule has 2 rings (SSSR count). The minimum absolute atomic E-state index is 0.00116. The third kappa shape index (κ3) is 4.04. The molecule has 0 spiro atoms. The lowest BCUT2D eigenvalue weighted by molar-refractivity contribution is -0.122. The number of rotatable bonds is 5. The Labute approximate surface area is 123 Å². The molecule has 0 aliphatic heterocycles. The Morgan fingerprint density at radius 2 is 2.10 bits per heavy atom. The summed E-state index contributed by atoms with van der Waals surface area (Å²) in [4.78, 5) is 27.4. The molecular formula is C13H21N7O. The van der Waals surface area contributed by atoms with Gasteiger partial charge in [0.05, 0.1) is 6.33 Å². The summed E-state index contributed by atoms with van der Waals surface area (Å²) in [5.74, 6) is 1.11. The van der Waals surface area contributed by atoms with E-state index in [1.165, 1.54) is 0 Å². The second-order valence-corrected chi connectivity index (χ2v) is 5.72. The molecule has 0 bridgehead atoms. The smallest absolute Gasteiger partial charge is 0.226 e. The van der Waals surface area contributed by atoms with Crippen LogP contribution in [0.15, 0.2) is 6.33 Å². The fourth-order valence-electron chi connectivity index (χ4n) is 1.85. The maximum absolute atomic E-state index is 11.8. The van der Waals surface area contributed by atoms with Gasteiger partial charge in [-0.3, -0.25) is 4.79 Å². The highest BCUT2D eigenvalue weighted by Crippen LogP contribution is 2.18. The van der Waals surface area contributed by atoms with Gasteiger partial charge in [0.25, 0.3) is 0 Å². The molecule has 114 valence electrons. The number of amides is 1. The van der Waals surface area contributed by atoms with E-state index in [1.807, 2.05) is 20.8 Å². The molecule has 21 heavy (non-hydrogen) atoms. The Morgan fingerprint density at radius 1 is 1.33 bits per heavy atom. The van der Waals surface area contributed by atoms with E-state index in [0.717, 1.165) is 5.52 Å². The van der Waals surface area contributed by atoms with Gasteiger partial charge in [0.1, 0.15) is 5.52 Å². The number of nitrogens with zero attached hydrogens (tertiary/aromatic N) is 3. The number of carbonyl (C=O) groups excluding carboxylic acids is 1. The molecular weight excluding hydrogens is 270 g/mol. The molecule has 2 heterocycles. The summed E-state index contributed by atoms with van der Waals surface area (Å²) in [7, 11) is 1.74. The van der Waals surface area contributed by atoms with Crippen molar-refractivity contribution in [3.63, 3.8) is 0 Å². The molecule has 0 atom stereocenters. The Balaban J connectivity index is 2.00. The van der Waals surface area contributed by atoms with Crippen LogP contribution in [-0.4, -0.2) is 45.0 Å². The third-order valence-electron chi connectivity index (χ3n) is 2.67. The first-order valence-corrected chi connectivity index (χ1v) is 6.83. The van der Waals surface area contributed by atoms with Crippen LogP contribution in [0.25, 0.3) is 11.2 Å². The van der Waals surface area contributed by atoms with Crippen molar-refractivity contribution in [3.05, 3.63) is 6.33 Å². The minimum Gasteiger partial charge on any atom is -0.368 e. The molecule has 8 nitrogen and oxygen atoms in total. The Hall–Kier alpha value is -2.38. The minimum atomic E-state index is -0.220. The molecule has 0 aromatic carbocycles. The number of anilines is 2. The maximum Gasteiger partial charge on any atom is 0.226 e. The van der Waals surface area contributed by atoms with Crippen LogP contribution in [0.3, 0.4) is 0 Å². The molecule has 0 aliphatic carbocycles. The van der Waals surface area contributed by atoms with Gasteiger partial charge in [-0.2, -0.15) is 9.97 Å². The number of aromatic nitrogens is 4. The number of imidazole rings is 1. The molecule has 8 heteroatoms. The summed E-state index contributed by atoms with van der Waals surface area (Å²) >= 11 is 0. The molecule has 0 radical (unpaired) electrons. The quantitative estimate of drug-likeness (QED) is 0.657. The van der Waals surface area contributed by atoms with Crippen molar-refractivity contribution in [1.29, 1.82) is 0 Å². The van der Waals surface area contributed by atoms with E-state index in [4.69, 9.17) is 0 Å². The van der Waals surface area contributed by atoms with Gasteiger partial charge in [0.15, 0.2) is 11.5 Å². The number of hydrogen-bond donors (Lipinski definition) is 4. The number of aromatic amines is 1. The summed E-state index contributed by atoms with van der Waals surface area (Å²) in [6, 6.07) is 0. The SMILES string of the molecule is CNc1nc(NCCC(=O)NC(C)(C)C)c2[nH]cnc2n1. The standard InChI is InChI=1S/C13H21N7O/c1-13(2,3)20-8(21)5-6-15-10-9-11(17-7-16-9)19-12(14-4)18-10/h7H,5-6H2,1-4H3,(H,20,21)(H3,14,15,16,17,18,19). The largest absolute Gasteiger partial charge is 0.368 e. The zero-order chi connectivity index (χ0) is 15.5. The number of hydrogen-bond acceptors (Lipinski definition) is 6. The zero-order valence-corrected chi connectivity index (χ0v) is 12.7. The van der Waals surface area contributed by atoms with E-state index in [0.29, 0.717) is 30.4 Å². The summed E-state index contributed by atoms with van der Waals surface area (Å²) < 4.78 is 0. The van der Waals surface area contributed by atoms with E-state index >= 15 is 0 Å². The summed E-state index contributed by atoms with van der Waals surface area (Å²) in [6.07, 6.45) is 1.93. The molecule has 2 aromatic heterocycles. The average Bonchev–Trinajstić information content (AvgIpc) is 2.84. The van der Waals surface area contributed by atoms with Crippen molar-refractivity contribution in [3.8, 4) is 0 Å². The van der Waals surface area contributed by atoms with Crippen LogP contribution in [0.4, 0.5) is 11.8 Å². The highest BCUT2D eigenvalue weighted by molar-refractivity contribution is 5.84. The molecule has 0 saturated carbocycles. The molecule has 0 saturated heterocycles. The van der Waals surface area contributed by atoms with Gasteiger partial charge in [-0.05, 0) is 20.8 Å². The van der Waals surface area contributed by atoms with Crippen LogP contribution in [0.5, 0.6) is 0 Å². The first kappa shape index (κ1) is 15.0. The van der Waals surface area contributed by atoms with E-state index in [1.54, 1.807) is 13.4 Å². The summed E-state index contributed by atoms with van der Waals surface area (Å²) in [5, 5.41) is 8.94. The van der Waals surface area contributed by atoms with E-state index in [-0.39, 0.29) is 11.4 Å². The van der Waals surface area contributed by atoms with Crippen molar-refractivity contribution in [2.75, 3.05) is 24.2 Å². The molecule has 2 aromatic rings. The predicted molar refractivity (Wildman–Crippen MR) is 82.2 cm³/mol. The van der Waals surface area contributed by atoms with Crippen molar-refractivity contribution in [2.24, 2.45) is 0 Å². The third-order valence-corrected chi connectivity index (χ3v) is 2.67. The zero-order valence-electron chi connectivity index (χ0n) is 12.7. The molecule has 0 fully saturated rings. The first-order valence-electron chi connectivity index (χ1n) is 6.83. The normalized spacial score (nSPS) is 11.4.